The smallest absolute Gasteiger partial charge is 0.307 e. The predicted octanol–water partition coefficient (Wildman–Crippen LogP) is 2.38. The summed E-state index contributed by atoms with van der Waals surface area (Å²) in [7, 11) is -3.67. The monoisotopic (exact) mass is 176 g/mol. The van der Waals surface area contributed by atoms with Gasteiger partial charge in [-0.2, -0.15) is 0 Å². The second kappa shape index (κ2) is 12.4. The highest BCUT2D eigenvalue weighted by Crippen LogP contribution is 1.80. The van der Waals surface area contributed by atoms with Crippen LogP contribution in [0.5, 0.6) is 0 Å². The van der Waals surface area contributed by atoms with E-state index in [2.05, 4.69) is 0 Å². The molecule has 0 spiro atoms. The molecule has 0 aliphatic heterocycles. The quantitative estimate of drug-likeness (QED) is 0.554. The van der Waals surface area contributed by atoms with Crippen molar-refractivity contribution in [2.75, 3.05) is 0 Å². The lowest BCUT2D eigenvalue weighted by molar-refractivity contribution is -0.0979. The largest absolute Gasteiger partial charge is 0.762 e. The third-order valence-electron chi connectivity index (χ3n) is 0.667. The molecule has 0 saturated carbocycles. The summed E-state index contributed by atoms with van der Waals surface area (Å²) < 4.78 is 29.0. The zero-order chi connectivity index (χ0) is 9.82. The van der Waals surface area contributed by atoms with Crippen LogP contribution in [0, 0.1) is 0 Å². The van der Waals surface area contributed by atoms with Gasteiger partial charge in [0.25, 0.3) is 0 Å². The van der Waals surface area contributed by atoms with Crippen LogP contribution < -0.4 is 0 Å². The second-order valence-corrected chi connectivity index (χ2v) is 1.40. The van der Waals surface area contributed by atoms with Crippen molar-refractivity contribution < 1.29 is 17.7 Å². The minimum absolute atomic E-state index is 2.00. The van der Waals surface area contributed by atoms with E-state index in [1.54, 1.807) is 0 Å². The van der Waals surface area contributed by atoms with Crippen LogP contribution in [0.2, 0.25) is 0 Å². The van der Waals surface area contributed by atoms with Gasteiger partial charge in [-0.15, -0.1) is 0 Å². The maximum atomic E-state index is 9.67. The molecule has 1 rings (SSSR count). The molecule has 0 aliphatic carbocycles. The van der Waals surface area contributed by atoms with Crippen LogP contribution in [0.15, 0.2) is 36.4 Å². The molecule has 0 bridgehead atoms. The average molecular weight is 176 g/mol. The van der Waals surface area contributed by atoms with Crippen LogP contribution in [0.25, 0.3) is 0 Å². The summed E-state index contributed by atoms with van der Waals surface area (Å²) in [5.74, 6) is 0. The molecule has 0 fully saturated rings. The van der Waals surface area contributed by atoms with E-state index < -0.39 is 7.54 Å². The number of halogens is 3. The molecule has 0 atom stereocenters. The predicted molar refractivity (Wildman–Crippen MR) is 42.6 cm³/mol. The van der Waals surface area contributed by atoms with Gasteiger partial charge in [0.1, 0.15) is 6.79 Å². The topological polar surface area (TPSA) is 17.1 Å². The van der Waals surface area contributed by atoms with Crippen LogP contribution in [0.1, 0.15) is 0 Å². The molecule has 1 aromatic rings. The first-order chi connectivity index (χ1) is 5.73. The van der Waals surface area contributed by atoms with Crippen LogP contribution in [-0.2, 0) is 4.79 Å². The van der Waals surface area contributed by atoms with Gasteiger partial charge in [0.05, 0.1) is 0 Å². The lowest BCUT2D eigenvalue weighted by Crippen LogP contribution is -1.76. The molecular weight excluding hydrogens is 168 g/mol. The Morgan fingerprint density at radius 1 is 0.750 bits per heavy atom. The summed E-state index contributed by atoms with van der Waals surface area (Å²) in [5, 5.41) is 0. The number of hydrogen-bond donors (Lipinski definition) is 0. The molecule has 5 heteroatoms. The fourth-order valence-electron chi connectivity index (χ4n) is 0.385. The summed E-state index contributed by atoms with van der Waals surface area (Å²) in [6, 6.07) is 12.0. The molecule has 0 amide bonds. The van der Waals surface area contributed by atoms with Gasteiger partial charge < -0.3 is 4.79 Å². The molecule has 1 nitrogen and oxygen atoms in total. The zero-order valence-corrected chi connectivity index (χ0v) is 6.29. The van der Waals surface area contributed by atoms with Gasteiger partial charge in [-0.05, 0) is 0 Å². The first-order valence-electron chi connectivity index (χ1n) is 2.94. The van der Waals surface area contributed by atoms with Gasteiger partial charge in [0.15, 0.2) is 0 Å². The zero-order valence-electron chi connectivity index (χ0n) is 6.29. The normalized spacial score (nSPS) is 6.58. The standard InChI is InChI=1S/C6H6.CH2O.BF3/c1-2-4-6-5-3-1;1-2;2-1(3)4/h1-6H;1H2;. The number of rotatable bonds is 0. The van der Waals surface area contributed by atoms with Gasteiger partial charge in [-0.3, -0.25) is 12.9 Å². The van der Waals surface area contributed by atoms with E-state index in [1.165, 1.54) is 0 Å². The first-order valence-corrected chi connectivity index (χ1v) is 2.94. The molecule has 0 aliphatic rings. The molecule has 0 saturated heterocycles. The lowest BCUT2D eigenvalue weighted by Gasteiger charge is -1.69. The minimum atomic E-state index is -3.67. The fraction of sp³-hybridized carbons (Fsp3) is 0. The maximum absolute atomic E-state index is 9.67. The minimum Gasteiger partial charge on any atom is -0.307 e. The Labute approximate surface area is 69.4 Å². The number of hydrogen-bond acceptors (Lipinski definition) is 1. The highest BCUT2D eigenvalue weighted by molar-refractivity contribution is 6.33. The van der Waals surface area contributed by atoms with E-state index in [-0.39, 0.29) is 0 Å². The number of carbonyl (C=O) groups excluding carboxylic acids is 1. The summed E-state index contributed by atoms with van der Waals surface area (Å²) in [6.45, 7) is 2.00. The van der Waals surface area contributed by atoms with E-state index in [9.17, 15) is 12.9 Å². The summed E-state index contributed by atoms with van der Waals surface area (Å²) in [4.78, 5) is 8.00. The Kier molecular flexibility index (Phi) is 13.8. The molecule has 0 N–H and O–H groups in total. The second-order valence-electron chi connectivity index (χ2n) is 1.40. The van der Waals surface area contributed by atoms with Crippen LogP contribution in [0.4, 0.5) is 12.9 Å². The Hall–Kier alpha value is -1.26. The summed E-state index contributed by atoms with van der Waals surface area (Å²) in [6.07, 6.45) is 0. The van der Waals surface area contributed by atoms with E-state index >= 15 is 0 Å². The van der Waals surface area contributed by atoms with Gasteiger partial charge in [-0.25, -0.2) is 0 Å². The van der Waals surface area contributed by atoms with E-state index in [0.29, 0.717) is 0 Å². The molecule has 66 valence electrons. The molecule has 0 aromatic heterocycles. The Balaban J connectivity index is 0. The highest BCUT2D eigenvalue weighted by Gasteiger charge is 2.06. The lowest BCUT2D eigenvalue weighted by atomic mass is 10.4. The van der Waals surface area contributed by atoms with Crippen molar-refractivity contribution >= 4 is 14.3 Å². The summed E-state index contributed by atoms with van der Waals surface area (Å²) >= 11 is 0. The van der Waals surface area contributed by atoms with Crippen molar-refractivity contribution in [2.24, 2.45) is 0 Å². The van der Waals surface area contributed by atoms with Crippen LogP contribution >= 0.6 is 0 Å². The van der Waals surface area contributed by atoms with E-state index in [1.807, 2.05) is 43.2 Å². The molecular formula is C7H8BF3O. The van der Waals surface area contributed by atoms with Crippen LogP contribution in [-0.4, -0.2) is 14.3 Å². The van der Waals surface area contributed by atoms with Crippen molar-refractivity contribution in [1.82, 2.24) is 0 Å². The van der Waals surface area contributed by atoms with Crippen molar-refractivity contribution in [3.63, 3.8) is 0 Å². The van der Waals surface area contributed by atoms with Crippen LogP contribution in [0.3, 0.4) is 0 Å². The fourth-order valence-corrected chi connectivity index (χ4v) is 0.385. The molecule has 0 heterocycles. The van der Waals surface area contributed by atoms with Crippen molar-refractivity contribution in [2.45, 2.75) is 0 Å². The number of benzene rings is 1. The van der Waals surface area contributed by atoms with Crippen molar-refractivity contribution in [3.8, 4) is 0 Å². The maximum Gasteiger partial charge on any atom is 0.762 e. The molecule has 0 radical (unpaired) electrons. The summed E-state index contributed by atoms with van der Waals surface area (Å²) in [5.41, 5.74) is 0. The SMILES string of the molecule is C=O.FB(F)F.c1ccccc1. The van der Waals surface area contributed by atoms with E-state index in [0.717, 1.165) is 0 Å². The van der Waals surface area contributed by atoms with E-state index in [4.69, 9.17) is 4.79 Å². The highest BCUT2D eigenvalue weighted by atomic mass is 19.4. The van der Waals surface area contributed by atoms with Gasteiger partial charge in [-0.1, -0.05) is 36.4 Å². The third-order valence-corrected chi connectivity index (χ3v) is 0.667. The first kappa shape index (κ1) is 13.3. The van der Waals surface area contributed by atoms with Crippen molar-refractivity contribution in [3.05, 3.63) is 36.4 Å². The van der Waals surface area contributed by atoms with Crippen molar-refractivity contribution in [1.29, 1.82) is 0 Å². The average Bonchev–Trinajstić information content (AvgIpc) is 2.10. The van der Waals surface area contributed by atoms with Gasteiger partial charge in [0, 0.05) is 0 Å². The molecule has 0 unspecified atom stereocenters. The Morgan fingerprint density at radius 2 is 0.833 bits per heavy atom. The molecule has 1 aromatic carbocycles. The Bertz CT molecular complexity index is 131. The Morgan fingerprint density at radius 3 is 0.917 bits per heavy atom. The molecule has 12 heavy (non-hydrogen) atoms. The van der Waals surface area contributed by atoms with Gasteiger partial charge in [0.2, 0.25) is 0 Å². The third kappa shape index (κ3) is 23.3. The number of carbonyl (C=O) groups is 1. The van der Waals surface area contributed by atoms with Gasteiger partial charge >= 0.3 is 7.54 Å².